The number of nitrogens with one attached hydrogen (secondary N) is 1. The summed E-state index contributed by atoms with van der Waals surface area (Å²) in [4.78, 5) is 8.10. The fourth-order valence-electron chi connectivity index (χ4n) is 1.65. The number of aromatic nitrogens is 4. The minimum Gasteiger partial charge on any atom is -0.404 e. The Morgan fingerprint density at radius 3 is 3.00 bits per heavy atom. The fourth-order valence-corrected chi connectivity index (χ4v) is 1.82. The Morgan fingerprint density at radius 1 is 1.47 bits per heavy atom. The molecule has 0 saturated heterocycles. The molecule has 1 aliphatic rings. The molecular weight excluding hydrogens is 266 g/mol. The van der Waals surface area contributed by atoms with Crippen molar-refractivity contribution < 1.29 is 4.74 Å². The number of halogens is 1. The van der Waals surface area contributed by atoms with Gasteiger partial charge in [0.05, 0.1) is 5.02 Å². The van der Waals surface area contributed by atoms with Gasteiger partial charge in [-0.05, 0) is 18.4 Å². The van der Waals surface area contributed by atoms with Crippen molar-refractivity contribution in [3.8, 4) is 11.9 Å². The van der Waals surface area contributed by atoms with Gasteiger partial charge in [0.15, 0.2) is 0 Å². The van der Waals surface area contributed by atoms with Crippen molar-refractivity contribution in [3.05, 3.63) is 29.2 Å². The average Bonchev–Trinajstić information content (AvgIpc) is 3.13. The molecule has 2 heterocycles. The molecule has 0 unspecified atom stereocenters. The lowest BCUT2D eigenvalue weighted by Crippen LogP contribution is -2.15. The molecule has 0 radical (unpaired) electrons. The molecule has 1 aliphatic carbocycles. The van der Waals surface area contributed by atoms with Crippen LogP contribution < -0.4 is 10.1 Å². The van der Waals surface area contributed by atoms with Crippen molar-refractivity contribution in [2.24, 2.45) is 7.05 Å². The van der Waals surface area contributed by atoms with Crippen LogP contribution in [0.2, 0.25) is 5.02 Å². The van der Waals surface area contributed by atoms with Gasteiger partial charge in [0.1, 0.15) is 6.33 Å². The molecule has 7 heteroatoms. The smallest absolute Gasteiger partial charge is 0.342 e. The maximum Gasteiger partial charge on any atom is 0.342 e. The molecular formula is C12H14ClN5O. The van der Waals surface area contributed by atoms with Gasteiger partial charge in [-0.3, -0.25) is 4.68 Å². The minimum absolute atomic E-state index is 0.276. The second kappa shape index (κ2) is 5.14. The number of nitrogens with zero attached hydrogens (tertiary/aromatic N) is 4. The Balaban J connectivity index is 1.72. The number of rotatable bonds is 5. The predicted octanol–water partition coefficient (Wildman–Crippen LogP) is 1.91. The summed E-state index contributed by atoms with van der Waals surface area (Å²) >= 11 is 6.11. The van der Waals surface area contributed by atoms with Crippen LogP contribution in [-0.4, -0.2) is 25.8 Å². The van der Waals surface area contributed by atoms with E-state index in [-0.39, 0.29) is 6.01 Å². The van der Waals surface area contributed by atoms with Crippen LogP contribution in [-0.2, 0) is 13.6 Å². The highest BCUT2D eigenvalue weighted by Crippen LogP contribution is 2.24. The van der Waals surface area contributed by atoms with Gasteiger partial charge in [0.25, 0.3) is 0 Å². The number of hydrogen-bond donors (Lipinski definition) is 1. The molecule has 2 aromatic heterocycles. The SMILES string of the molecule is Cn1cnc(Oc2cc(CNC3CC3)c(Cl)cn2)n1. The molecule has 100 valence electrons. The summed E-state index contributed by atoms with van der Waals surface area (Å²) in [5, 5.41) is 8.08. The van der Waals surface area contributed by atoms with Crippen molar-refractivity contribution in [3.63, 3.8) is 0 Å². The maximum absolute atomic E-state index is 6.11. The highest BCUT2D eigenvalue weighted by atomic mass is 35.5. The molecule has 1 N–H and O–H groups in total. The van der Waals surface area contributed by atoms with Gasteiger partial charge in [-0.2, -0.15) is 4.98 Å². The lowest BCUT2D eigenvalue weighted by molar-refractivity contribution is 0.421. The molecule has 0 spiro atoms. The first-order chi connectivity index (χ1) is 9.20. The Bertz CT molecular complexity index is 581. The van der Waals surface area contributed by atoms with E-state index < -0.39 is 0 Å². The van der Waals surface area contributed by atoms with E-state index in [2.05, 4.69) is 20.4 Å². The first kappa shape index (κ1) is 12.4. The van der Waals surface area contributed by atoms with Gasteiger partial charge in [-0.15, -0.1) is 5.10 Å². The Morgan fingerprint density at radius 2 is 2.32 bits per heavy atom. The van der Waals surface area contributed by atoms with E-state index in [0.29, 0.717) is 16.9 Å². The summed E-state index contributed by atoms with van der Waals surface area (Å²) in [6, 6.07) is 2.72. The summed E-state index contributed by atoms with van der Waals surface area (Å²) in [5.41, 5.74) is 0.967. The van der Waals surface area contributed by atoms with Crippen molar-refractivity contribution in [2.75, 3.05) is 0 Å². The van der Waals surface area contributed by atoms with Crippen LogP contribution in [0.1, 0.15) is 18.4 Å². The predicted molar refractivity (Wildman–Crippen MR) is 70.2 cm³/mol. The number of ether oxygens (including phenoxy) is 1. The van der Waals surface area contributed by atoms with Gasteiger partial charge in [-0.25, -0.2) is 4.98 Å². The second-order valence-corrected chi connectivity index (χ2v) is 4.98. The molecule has 0 bridgehead atoms. The lowest BCUT2D eigenvalue weighted by Gasteiger charge is -2.07. The maximum atomic E-state index is 6.11. The molecule has 2 aromatic rings. The van der Waals surface area contributed by atoms with E-state index in [1.807, 2.05) is 6.07 Å². The minimum atomic E-state index is 0.276. The molecule has 1 fully saturated rings. The quantitative estimate of drug-likeness (QED) is 0.906. The largest absolute Gasteiger partial charge is 0.404 e. The van der Waals surface area contributed by atoms with E-state index in [0.717, 1.165) is 12.1 Å². The number of pyridine rings is 1. The van der Waals surface area contributed by atoms with Crippen LogP contribution in [0.5, 0.6) is 11.9 Å². The molecule has 1 saturated carbocycles. The highest BCUT2D eigenvalue weighted by molar-refractivity contribution is 6.31. The van der Waals surface area contributed by atoms with Crippen LogP contribution in [0.3, 0.4) is 0 Å². The normalized spacial score (nSPS) is 14.6. The third-order valence-corrected chi connectivity index (χ3v) is 3.18. The zero-order valence-corrected chi connectivity index (χ0v) is 11.3. The van der Waals surface area contributed by atoms with Crippen LogP contribution in [0.15, 0.2) is 18.6 Å². The van der Waals surface area contributed by atoms with E-state index >= 15 is 0 Å². The monoisotopic (exact) mass is 279 g/mol. The van der Waals surface area contributed by atoms with Crippen LogP contribution in [0.25, 0.3) is 0 Å². The van der Waals surface area contributed by atoms with E-state index in [1.165, 1.54) is 12.8 Å². The van der Waals surface area contributed by atoms with Gasteiger partial charge in [-0.1, -0.05) is 11.6 Å². The van der Waals surface area contributed by atoms with Gasteiger partial charge in [0.2, 0.25) is 5.88 Å². The average molecular weight is 280 g/mol. The molecule has 0 amide bonds. The van der Waals surface area contributed by atoms with Gasteiger partial charge < -0.3 is 10.1 Å². The summed E-state index contributed by atoms with van der Waals surface area (Å²) in [6.07, 6.45) is 5.64. The first-order valence-corrected chi connectivity index (χ1v) is 6.50. The topological polar surface area (TPSA) is 64.9 Å². The zero-order chi connectivity index (χ0) is 13.2. The Hall–Kier alpha value is -1.66. The van der Waals surface area contributed by atoms with Crippen LogP contribution >= 0.6 is 11.6 Å². The van der Waals surface area contributed by atoms with Crippen molar-refractivity contribution in [2.45, 2.75) is 25.4 Å². The fraction of sp³-hybridized carbons (Fsp3) is 0.417. The molecule has 0 aromatic carbocycles. The summed E-state index contributed by atoms with van der Waals surface area (Å²) < 4.78 is 7.05. The summed E-state index contributed by atoms with van der Waals surface area (Å²) in [7, 11) is 1.78. The van der Waals surface area contributed by atoms with Gasteiger partial charge >= 0.3 is 6.01 Å². The van der Waals surface area contributed by atoms with Crippen LogP contribution in [0.4, 0.5) is 0 Å². The first-order valence-electron chi connectivity index (χ1n) is 6.12. The van der Waals surface area contributed by atoms with Crippen molar-refractivity contribution in [1.82, 2.24) is 25.1 Å². The van der Waals surface area contributed by atoms with Crippen molar-refractivity contribution >= 4 is 11.6 Å². The molecule has 6 nitrogen and oxygen atoms in total. The van der Waals surface area contributed by atoms with Gasteiger partial charge in [0, 0.05) is 31.9 Å². The lowest BCUT2D eigenvalue weighted by atomic mass is 10.2. The molecule has 3 rings (SSSR count). The van der Waals surface area contributed by atoms with Crippen molar-refractivity contribution in [1.29, 1.82) is 0 Å². The summed E-state index contributed by atoms with van der Waals surface area (Å²) in [5.74, 6) is 0.447. The molecule has 0 atom stereocenters. The number of hydrogen-bond acceptors (Lipinski definition) is 5. The Labute approximate surface area is 115 Å². The zero-order valence-electron chi connectivity index (χ0n) is 10.5. The third kappa shape index (κ3) is 3.21. The van der Waals surface area contributed by atoms with E-state index in [9.17, 15) is 0 Å². The van der Waals surface area contributed by atoms with E-state index in [1.54, 1.807) is 24.3 Å². The number of aryl methyl sites for hydroxylation is 1. The second-order valence-electron chi connectivity index (χ2n) is 4.57. The standard InChI is InChI=1S/C12H14ClN5O/c1-18-7-16-12(17-18)19-11-4-8(10(13)6-15-11)5-14-9-2-3-9/h4,6-7,9,14H,2-3,5H2,1H3. The summed E-state index contributed by atoms with van der Waals surface area (Å²) in [6.45, 7) is 0.720. The molecule has 19 heavy (non-hydrogen) atoms. The highest BCUT2D eigenvalue weighted by Gasteiger charge is 2.20. The Kier molecular flexibility index (Phi) is 3.35. The third-order valence-electron chi connectivity index (χ3n) is 2.84. The molecule has 0 aliphatic heterocycles. The van der Waals surface area contributed by atoms with E-state index in [4.69, 9.17) is 16.3 Å². The van der Waals surface area contributed by atoms with Crippen LogP contribution in [0, 0.1) is 0 Å².